The Kier molecular flexibility index (Phi) is 3.54. The number of amides is 1. The van der Waals surface area contributed by atoms with E-state index in [-0.39, 0.29) is 12.1 Å². The molecule has 1 aliphatic heterocycles. The van der Waals surface area contributed by atoms with Crippen LogP contribution in [-0.2, 0) is 4.74 Å². The van der Waals surface area contributed by atoms with Gasteiger partial charge >= 0.3 is 6.09 Å². The van der Waals surface area contributed by atoms with Crippen molar-refractivity contribution in [2.24, 2.45) is 5.92 Å². The zero-order valence-corrected chi connectivity index (χ0v) is 8.54. The molecule has 1 atom stereocenters. The highest BCUT2D eigenvalue weighted by Crippen LogP contribution is 2.14. The van der Waals surface area contributed by atoms with Gasteiger partial charge in [0.05, 0.1) is 7.11 Å². The average Bonchev–Trinajstić information content (AvgIpc) is 2.08. The molecule has 76 valence electrons. The second-order valence-corrected chi connectivity index (χ2v) is 3.69. The van der Waals surface area contributed by atoms with Crippen LogP contribution >= 0.6 is 0 Å². The monoisotopic (exact) mass is 186 g/mol. The van der Waals surface area contributed by atoms with E-state index in [2.05, 4.69) is 17.0 Å². The van der Waals surface area contributed by atoms with E-state index in [0.29, 0.717) is 0 Å². The number of ether oxygens (including phenoxy) is 1. The lowest BCUT2D eigenvalue weighted by Gasteiger charge is -2.32. The molecule has 1 amide bonds. The van der Waals surface area contributed by atoms with Crippen LogP contribution in [0.25, 0.3) is 0 Å². The Morgan fingerprint density at radius 2 is 2.31 bits per heavy atom. The molecule has 0 bridgehead atoms. The molecular weight excluding hydrogens is 168 g/mol. The lowest BCUT2D eigenvalue weighted by molar-refractivity contribution is 0.111. The summed E-state index contributed by atoms with van der Waals surface area (Å²) in [5.41, 5.74) is 0. The molecule has 1 heterocycles. The first-order valence-corrected chi connectivity index (χ1v) is 4.66. The fourth-order valence-electron chi connectivity index (χ4n) is 1.48. The van der Waals surface area contributed by atoms with Gasteiger partial charge in [-0.25, -0.2) is 4.79 Å². The van der Waals surface area contributed by atoms with E-state index in [1.165, 1.54) is 7.11 Å². The van der Waals surface area contributed by atoms with Gasteiger partial charge in [-0.05, 0) is 32.4 Å². The number of nitrogens with one attached hydrogen (secondary N) is 1. The first-order valence-electron chi connectivity index (χ1n) is 4.66. The Hall–Kier alpha value is -0.770. The average molecular weight is 186 g/mol. The Labute approximate surface area is 79.2 Å². The fraction of sp³-hybridized carbons (Fsp3) is 0.889. The second-order valence-electron chi connectivity index (χ2n) is 3.69. The van der Waals surface area contributed by atoms with Crippen molar-refractivity contribution in [2.45, 2.75) is 19.4 Å². The molecule has 4 heteroatoms. The van der Waals surface area contributed by atoms with Crippen molar-refractivity contribution in [1.82, 2.24) is 10.2 Å². The molecule has 0 aromatic heterocycles. The van der Waals surface area contributed by atoms with E-state index >= 15 is 0 Å². The van der Waals surface area contributed by atoms with Gasteiger partial charge in [-0.3, -0.25) is 0 Å². The highest BCUT2D eigenvalue weighted by molar-refractivity contribution is 5.67. The van der Waals surface area contributed by atoms with E-state index in [9.17, 15) is 4.79 Å². The predicted molar refractivity (Wildman–Crippen MR) is 50.6 cm³/mol. The van der Waals surface area contributed by atoms with Crippen molar-refractivity contribution < 1.29 is 9.53 Å². The smallest absolute Gasteiger partial charge is 0.409 e. The maximum absolute atomic E-state index is 11.1. The van der Waals surface area contributed by atoms with E-state index in [1.807, 2.05) is 0 Å². The molecule has 1 aliphatic rings. The molecule has 1 saturated heterocycles. The number of carbonyl (C=O) groups excluding carboxylic acids is 1. The second kappa shape index (κ2) is 4.46. The van der Waals surface area contributed by atoms with Crippen molar-refractivity contribution in [2.75, 3.05) is 27.2 Å². The van der Waals surface area contributed by atoms with Crippen LogP contribution in [0.15, 0.2) is 0 Å². The summed E-state index contributed by atoms with van der Waals surface area (Å²) in [6, 6.07) is 0.263. The van der Waals surface area contributed by atoms with Crippen molar-refractivity contribution in [3.63, 3.8) is 0 Å². The lowest BCUT2D eigenvalue weighted by atomic mass is 9.95. The number of rotatable bonds is 3. The molecule has 1 unspecified atom stereocenters. The molecule has 0 spiro atoms. The topological polar surface area (TPSA) is 41.6 Å². The minimum atomic E-state index is -0.250. The SMILES string of the molecule is COC(=O)N(C)C(C)CC1CNC1. The quantitative estimate of drug-likeness (QED) is 0.705. The Bertz CT molecular complexity index is 180. The Morgan fingerprint density at radius 1 is 1.69 bits per heavy atom. The zero-order chi connectivity index (χ0) is 9.84. The number of hydrogen-bond donors (Lipinski definition) is 1. The molecular formula is C9H18N2O2. The number of carbonyl (C=O) groups is 1. The van der Waals surface area contributed by atoms with Crippen LogP contribution in [-0.4, -0.2) is 44.3 Å². The van der Waals surface area contributed by atoms with Gasteiger partial charge in [0, 0.05) is 13.1 Å². The summed E-state index contributed by atoms with van der Waals surface area (Å²) in [5, 5.41) is 3.21. The minimum absolute atomic E-state index is 0.250. The van der Waals surface area contributed by atoms with Gasteiger partial charge in [0.2, 0.25) is 0 Å². The third kappa shape index (κ3) is 2.59. The van der Waals surface area contributed by atoms with Crippen molar-refractivity contribution in [3.8, 4) is 0 Å². The summed E-state index contributed by atoms with van der Waals surface area (Å²) >= 11 is 0. The van der Waals surface area contributed by atoms with Crippen LogP contribution < -0.4 is 5.32 Å². The number of nitrogens with zero attached hydrogens (tertiary/aromatic N) is 1. The van der Waals surface area contributed by atoms with Gasteiger partial charge in [-0.1, -0.05) is 0 Å². The van der Waals surface area contributed by atoms with Crippen LogP contribution in [0.5, 0.6) is 0 Å². The molecule has 0 aromatic carbocycles. The molecule has 0 saturated carbocycles. The highest BCUT2D eigenvalue weighted by Gasteiger charge is 2.23. The Balaban J connectivity index is 2.27. The fourth-order valence-corrected chi connectivity index (χ4v) is 1.48. The van der Waals surface area contributed by atoms with Gasteiger partial charge < -0.3 is 15.0 Å². The largest absolute Gasteiger partial charge is 0.453 e. The van der Waals surface area contributed by atoms with E-state index < -0.39 is 0 Å². The van der Waals surface area contributed by atoms with Gasteiger partial charge in [-0.15, -0.1) is 0 Å². The summed E-state index contributed by atoms with van der Waals surface area (Å²) in [6.45, 7) is 4.22. The van der Waals surface area contributed by atoms with Crippen molar-refractivity contribution >= 4 is 6.09 Å². The van der Waals surface area contributed by atoms with Crippen LogP contribution in [0.3, 0.4) is 0 Å². The van der Waals surface area contributed by atoms with Crippen LogP contribution in [0.1, 0.15) is 13.3 Å². The molecule has 0 aromatic rings. The third-order valence-corrected chi connectivity index (χ3v) is 2.66. The maximum Gasteiger partial charge on any atom is 0.409 e. The summed E-state index contributed by atoms with van der Waals surface area (Å²) in [5.74, 6) is 0.724. The van der Waals surface area contributed by atoms with Crippen LogP contribution in [0.4, 0.5) is 4.79 Å². The number of methoxy groups -OCH3 is 1. The number of hydrogen-bond acceptors (Lipinski definition) is 3. The zero-order valence-electron chi connectivity index (χ0n) is 8.54. The van der Waals surface area contributed by atoms with E-state index in [4.69, 9.17) is 0 Å². The highest BCUT2D eigenvalue weighted by atomic mass is 16.5. The first kappa shape index (κ1) is 10.3. The lowest BCUT2D eigenvalue weighted by Crippen LogP contribution is -2.46. The summed E-state index contributed by atoms with van der Waals surface area (Å²) < 4.78 is 4.64. The van der Waals surface area contributed by atoms with Gasteiger partial charge in [0.1, 0.15) is 0 Å². The molecule has 0 aliphatic carbocycles. The molecule has 1 fully saturated rings. The van der Waals surface area contributed by atoms with Crippen molar-refractivity contribution in [1.29, 1.82) is 0 Å². The van der Waals surface area contributed by atoms with Crippen molar-refractivity contribution in [3.05, 3.63) is 0 Å². The molecule has 0 radical (unpaired) electrons. The van der Waals surface area contributed by atoms with Crippen LogP contribution in [0.2, 0.25) is 0 Å². The van der Waals surface area contributed by atoms with Gasteiger partial charge in [-0.2, -0.15) is 0 Å². The molecule has 13 heavy (non-hydrogen) atoms. The molecule has 1 N–H and O–H groups in total. The third-order valence-electron chi connectivity index (χ3n) is 2.66. The molecule has 4 nitrogen and oxygen atoms in total. The standard InChI is InChI=1S/C9H18N2O2/c1-7(4-8-5-10-6-8)11(2)9(12)13-3/h7-8,10H,4-6H2,1-3H3. The van der Waals surface area contributed by atoms with Crippen LogP contribution in [0, 0.1) is 5.92 Å². The maximum atomic E-state index is 11.1. The van der Waals surface area contributed by atoms with Gasteiger partial charge in [0.15, 0.2) is 0 Å². The van der Waals surface area contributed by atoms with E-state index in [1.54, 1.807) is 11.9 Å². The van der Waals surface area contributed by atoms with Gasteiger partial charge in [0.25, 0.3) is 0 Å². The predicted octanol–water partition coefficient (Wildman–Crippen LogP) is 0.683. The Morgan fingerprint density at radius 3 is 2.69 bits per heavy atom. The minimum Gasteiger partial charge on any atom is -0.453 e. The summed E-state index contributed by atoms with van der Waals surface area (Å²) in [7, 11) is 3.19. The molecule has 1 rings (SSSR count). The summed E-state index contributed by atoms with van der Waals surface area (Å²) in [6.07, 6.45) is 0.804. The normalized spacial score (nSPS) is 19.0. The summed E-state index contributed by atoms with van der Waals surface area (Å²) in [4.78, 5) is 12.8. The first-order chi connectivity index (χ1) is 6.15. The van der Waals surface area contributed by atoms with E-state index in [0.717, 1.165) is 25.4 Å².